The summed E-state index contributed by atoms with van der Waals surface area (Å²) in [5.41, 5.74) is 7.17. The molecule has 5 nitrogen and oxygen atoms in total. The van der Waals surface area contributed by atoms with Gasteiger partial charge in [-0.2, -0.15) is 5.10 Å². The highest BCUT2D eigenvalue weighted by Gasteiger charge is 2.32. The molecule has 3 rings (SSSR count). The van der Waals surface area contributed by atoms with Crippen LogP contribution in [-0.4, -0.2) is 22.5 Å². The average Bonchev–Trinajstić information content (AvgIpc) is 3.04. The topological polar surface area (TPSA) is 81.0 Å². The van der Waals surface area contributed by atoms with E-state index in [9.17, 15) is 18.0 Å². The van der Waals surface area contributed by atoms with Crippen molar-refractivity contribution in [3.63, 3.8) is 0 Å². The molecule has 0 spiro atoms. The molecule has 0 aliphatic rings. The van der Waals surface area contributed by atoms with E-state index in [-0.39, 0.29) is 17.0 Å². The minimum absolute atomic E-state index is 0.140. The molecule has 0 saturated heterocycles. The molecule has 25 heavy (non-hydrogen) atoms. The van der Waals surface area contributed by atoms with Gasteiger partial charge in [-0.1, -0.05) is 36.4 Å². The number of hydrogen-bond acceptors (Lipinski definition) is 3. The Morgan fingerprint density at radius 3 is 2.44 bits per heavy atom. The van der Waals surface area contributed by atoms with Crippen molar-refractivity contribution in [1.29, 1.82) is 0 Å². The second-order valence-electron chi connectivity index (χ2n) is 5.16. The lowest BCUT2D eigenvalue weighted by atomic mass is 10.0. The quantitative estimate of drug-likeness (QED) is 0.754. The maximum absolute atomic E-state index is 12.6. The third kappa shape index (κ3) is 3.79. The van der Waals surface area contributed by atoms with Crippen LogP contribution in [0.4, 0.5) is 13.2 Å². The van der Waals surface area contributed by atoms with Crippen molar-refractivity contribution in [2.75, 3.05) is 0 Å². The van der Waals surface area contributed by atoms with Crippen molar-refractivity contribution in [3.05, 3.63) is 60.3 Å². The monoisotopic (exact) mass is 347 g/mol. The summed E-state index contributed by atoms with van der Waals surface area (Å²) in [4.78, 5) is 11.1. The Labute approximate surface area is 140 Å². The molecular formula is C17H12F3N3O2. The van der Waals surface area contributed by atoms with Gasteiger partial charge in [-0.25, -0.2) is 0 Å². The van der Waals surface area contributed by atoms with Crippen molar-refractivity contribution in [2.45, 2.75) is 6.36 Å². The number of hydrogen-bond donors (Lipinski definition) is 2. The normalized spacial score (nSPS) is 11.3. The van der Waals surface area contributed by atoms with Crippen molar-refractivity contribution in [1.82, 2.24) is 10.2 Å². The summed E-state index contributed by atoms with van der Waals surface area (Å²) in [6, 6.07) is 14.0. The first-order valence-corrected chi connectivity index (χ1v) is 7.14. The Hall–Kier alpha value is -3.29. The van der Waals surface area contributed by atoms with Crippen LogP contribution in [0, 0.1) is 0 Å². The summed E-state index contributed by atoms with van der Waals surface area (Å²) in [6.07, 6.45) is -4.79. The lowest BCUT2D eigenvalue weighted by Crippen LogP contribution is -2.17. The Balaban J connectivity index is 2.01. The number of H-pyrrole nitrogens is 1. The Bertz CT molecular complexity index is 919. The maximum Gasteiger partial charge on any atom is 0.573 e. The molecule has 0 saturated carbocycles. The van der Waals surface area contributed by atoms with Crippen LogP contribution < -0.4 is 10.5 Å². The van der Waals surface area contributed by atoms with Gasteiger partial charge in [-0.15, -0.1) is 13.2 Å². The zero-order chi connectivity index (χ0) is 18.0. The fraction of sp³-hybridized carbons (Fsp3) is 0.0588. The van der Waals surface area contributed by atoms with Crippen LogP contribution in [0.2, 0.25) is 0 Å². The largest absolute Gasteiger partial charge is 0.573 e. The van der Waals surface area contributed by atoms with E-state index in [0.717, 1.165) is 0 Å². The number of nitrogens with one attached hydrogen (secondary N) is 1. The summed E-state index contributed by atoms with van der Waals surface area (Å²) in [6.45, 7) is 0. The molecule has 0 aliphatic heterocycles. The maximum atomic E-state index is 12.6. The van der Waals surface area contributed by atoms with Crippen LogP contribution in [0.15, 0.2) is 54.6 Å². The number of alkyl halides is 3. The highest BCUT2D eigenvalue weighted by molar-refractivity contribution is 5.92. The Kier molecular flexibility index (Phi) is 4.18. The van der Waals surface area contributed by atoms with Gasteiger partial charge in [0.1, 0.15) is 11.4 Å². The summed E-state index contributed by atoms with van der Waals surface area (Å²) >= 11 is 0. The number of carbonyl (C=O) groups is 1. The number of halogens is 3. The highest BCUT2D eigenvalue weighted by Crippen LogP contribution is 2.35. The molecule has 0 unspecified atom stereocenters. The van der Waals surface area contributed by atoms with Gasteiger partial charge >= 0.3 is 6.36 Å². The Morgan fingerprint density at radius 2 is 1.76 bits per heavy atom. The average molecular weight is 347 g/mol. The van der Waals surface area contributed by atoms with Gasteiger partial charge in [0.25, 0.3) is 5.91 Å². The van der Waals surface area contributed by atoms with E-state index in [1.807, 2.05) is 0 Å². The van der Waals surface area contributed by atoms with E-state index < -0.39 is 12.3 Å². The second-order valence-corrected chi connectivity index (χ2v) is 5.16. The van der Waals surface area contributed by atoms with E-state index in [4.69, 9.17) is 5.73 Å². The molecule has 0 bridgehead atoms. The number of benzene rings is 2. The highest BCUT2D eigenvalue weighted by atomic mass is 19.4. The van der Waals surface area contributed by atoms with Gasteiger partial charge in [0.05, 0.1) is 5.69 Å². The number of nitrogens with two attached hydrogens (primary N) is 1. The third-order valence-corrected chi connectivity index (χ3v) is 3.43. The lowest BCUT2D eigenvalue weighted by Gasteiger charge is -2.13. The molecule has 0 radical (unpaired) electrons. The zero-order valence-corrected chi connectivity index (χ0v) is 12.7. The number of nitrogens with zero attached hydrogens (tertiary/aromatic N) is 1. The number of primary amides is 1. The molecule has 3 aromatic rings. The Morgan fingerprint density at radius 1 is 1.04 bits per heavy atom. The van der Waals surface area contributed by atoms with Crippen LogP contribution in [-0.2, 0) is 0 Å². The summed E-state index contributed by atoms with van der Waals surface area (Å²) in [7, 11) is 0. The fourth-order valence-corrected chi connectivity index (χ4v) is 2.36. The number of aromatic nitrogens is 2. The number of carbonyl (C=O) groups excluding carboxylic acids is 1. The van der Waals surface area contributed by atoms with Crippen LogP contribution in [0.5, 0.6) is 5.75 Å². The van der Waals surface area contributed by atoms with E-state index in [0.29, 0.717) is 16.8 Å². The van der Waals surface area contributed by atoms with Gasteiger partial charge < -0.3 is 10.5 Å². The molecule has 2 aromatic carbocycles. The van der Waals surface area contributed by atoms with Crippen molar-refractivity contribution in [3.8, 4) is 28.1 Å². The molecule has 128 valence electrons. The van der Waals surface area contributed by atoms with E-state index in [2.05, 4.69) is 14.9 Å². The van der Waals surface area contributed by atoms with E-state index in [1.54, 1.807) is 30.3 Å². The molecular weight excluding hydrogens is 335 g/mol. The first kappa shape index (κ1) is 16.6. The first-order valence-electron chi connectivity index (χ1n) is 7.14. The second kappa shape index (κ2) is 6.31. The molecule has 1 amide bonds. The lowest BCUT2D eigenvalue weighted by molar-refractivity contribution is -0.274. The molecule has 0 atom stereocenters. The van der Waals surface area contributed by atoms with Crippen LogP contribution in [0.25, 0.3) is 22.4 Å². The smallest absolute Gasteiger partial charge is 0.405 e. The zero-order valence-electron chi connectivity index (χ0n) is 12.7. The third-order valence-electron chi connectivity index (χ3n) is 3.43. The van der Waals surface area contributed by atoms with E-state index in [1.165, 1.54) is 24.3 Å². The molecule has 3 N–H and O–H groups in total. The standard InChI is InChI=1S/C17H12F3N3O2/c18-17(19,20)25-15-7-2-1-6-12(15)10-4-3-5-11(8-10)13-9-14(16(21)24)23-22-13/h1-9H,(H2,21,24)(H,22,23). The predicted octanol–water partition coefficient (Wildman–Crippen LogP) is 3.74. The summed E-state index contributed by atoms with van der Waals surface area (Å²) < 4.78 is 41.8. The first-order chi connectivity index (χ1) is 11.8. The number of aromatic amines is 1. The van der Waals surface area contributed by atoms with Crippen molar-refractivity contribution < 1.29 is 22.7 Å². The van der Waals surface area contributed by atoms with Crippen LogP contribution in [0.3, 0.4) is 0 Å². The molecule has 0 fully saturated rings. The van der Waals surface area contributed by atoms with E-state index >= 15 is 0 Å². The van der Waals surface area contributed by atoms with Gasteiger partial charge in [-0.3, -0.25) is 9.89 Å². The number of rotatable bonds is 4. The van der Waals surface area contributed by atoms with Crippen LogP contribution in [0.1, 0.15) is 10.5 Å². The van der Waals surface area contributed by atoms with Gasteiger partial charge in [0.2, 0.25) is 0 Å². The fourth-order valence-electron chi connectivity index (χ4n) is 2.36. The van der Waals surface area contributed by atoms with Crippen molar-refractivity contribution >= 4 is 5.91 Å². The molecule has 1 aromatic heterocycles. The summed E-state index contributed by atoms with van der Waals surface area (Å²) in [5, 5.41) is 6.49. The molecule has 1 heterocycles. The predicted molar refractivity (Wildman–Crippen MR) is 84.7 cm³/mol. The molecule has 8 heteroatoms. The summed E-state index contributed by atoms with van der Waals surface area (Å²) in [5.74, 6) is -0.953. The van der Waals surface area contributed by atoms with Crippen LogP contribution >= 0.6 is 0 Å². The minimum atomic E-state index is -4.79. The van der Waals surface area contributed by atoms with Gasteiger partial charge in [0.15, 0.2) is 0 Å². The number of amides is 1. The SMILES string of the molecule is NC(=O)c1cc(-c2cccc(-c3ccccc3OC(F)(F)F)c2)n[nH]1. The van der Waals surface area contributed by atoms with Gasteiger partial charge in [-0.05, 0) is 23.8 Å². The van der Waals surface area contributed by atoms with Gasteiger partial charge in [0, 0.05) is 11.1 Å². The number of ether oxygens (including phenoxy) is 1. The van der Waals surface area contributed by atoms with Crippen molar-refractivity contribution in [2.24, 2.45) is 5.73 Å². The minimum Gasteiger partial charge on any atom is -0.405 e. The molecule has 0 aliphatic carbocycles. The number of para-hydroxylation sites is 1.